The molecule has 5 heteroatoms. The second-order valence-corrected chi connectivity index (χ2v) is 4.29. The predicted octanol–water partition coefficient (Wildman–Crippen LogP) is 0.548. The van der Waals surface area contributed by atoms with Crippen molar-refractivity contribution >= 4 is 23.2 Å². The van der Waals surface area contributed by atoms with E-state index in [0.717, 1.165) is 25.9 Å². The van der Waals surface area contributed by atoms with Gasteiger partial charge in [-0.15, -0.1) is 0 Å². The lowest BCUT2D eigenvalue weighted by molar-refractivity contribution is -0.149. The second kappa shape index (κ2) is 6.02. The number of carbonyl (C=O) groups is 1. The first-order chi connectivity index (χ1) is 7.13. The van der Waals surface area contributed by atoms with Crippen molar-refractivity contribution in [3.05, 3.63) is 0 Å². The van der Waals surface area contributed by atoms with Gasteiger partial charge in [0.05, 0.1) is 17.5 Å². The summed E-state index contributed by atoms with van der Waals surface area (Å²) in [5, 5.41) is 0. The van der Waals surface area contributed by atoms with Crippen LogP contribution in [0.3, 0.4) is 0 Å². The zero-order valence-electron chi connectivity index (χ0n) is 9.07. The highest BCUT2D eigenvalue weighted by Crippen LogP contribution is 2.18. The molecule has 0 aromatic heterocycles. The summed E-state index contributed by atoms with van der Waals surface area (Å²) in [4.78, 5) is 14.1. The number of piperidine rings is 1. The molecule has 0 amide bonds. The summed E-state index contributed by atoms with van der Waals surface area (Å²) in [6, 6.07) is 0. The molecule has 0 spiro atoms. The van der Waals surface area contributed by atoms with Gasteiger partial charge < -0.3 is 10.5 Å². The van der Waals surface area contributed by atoms with Gasteiger partial charge in [0.1, 0.15) is 0 Å². The van der Waals surface area contributed by atoms with Crippen molar-refractivity contribution in [1.29, 1.82) is 0 Å². The van der Waals surface area contributed by atoms with Gasteiger partial charge in [-0.2, -0.15) is 0 Å². The fourth-order valence-electron chi connectivity index (χ4n) is 1.81. The number of esters is 1. The molecule has 0 aromatic carbocycles. The van der Waals surface area contributed by atoms with Crippen molar-refractivity contribution in [3.63, 3.8) is 0 Å². The monoisotopic (exact) mass is 230 g/mol. The number of ether oxygens (including phenoxy) is 1. The molecule has 0 bridgehead atoms. The molecule has 0 aliphatic carbocycles. The Labute approximate surface area is 95.8 Å². The van der Waals surface area contributed by atoms with Gasteiger partial charge in [-0.3, -0.25) is 9.69 Å². The van der Waals surface area contributed by atoms with Gasteiger partial charge in [-0.25, -0.2) is 0 Å². The summed E-state index contributed by atoms with van der Waals surface area (Å²) in [6.45, 7) is 4.71. The van der Waals surface area contributed by atoms with Crippen molar-refractivity contribution in [1.82, 2.24) is 4.90 Å². The fourth-order valence-corrected chi connectivity index (χ4v) is 1.99. The first kappa shape index (κ1) is 12.4. The van der Waals surface area contributed by atoms with E-state index in [0.29, 0.717) is 18.1 Å². The van der Waals surface area contributed by atoms with E-state index in [1.807, 2.05) is 6.92 Å². The molecule has 0 atom stereocenters. The minimum atomic E-state index is -0.0625. The zero-order valence-corrected chi connectivity index (χ0v) is 9.89. The van der Waals surface area contributed by atoms with Crippen LogP contribution in [-0.2, 0) is 9.53 Å². The summed E-state index contributed by atoms with van der Waals surface area (Å²) in [5.41, 5.74) is 5.46. The maximum atomic E-state index is 11.4. The Morgan fingerprint density at radius 3 is 2.60 bits per heavy atom. The van der Waals surface area contributed by atoms with Crippen LogP contribution in [-0.4, -0.2) is 42.1 Å². The van der Waals surface area contributed by atoms with Gasteiger partial charge in [-0.05, 0) is 32.9 Å². The standard InChI is InChI=1S/C10H18N2O2S/c1-2-14-10(13)8-3-5-12(6-4-8)7-9(11)15/h8H,2-7H2,1H3,(H2,11,15). The first-order valence-electron chi connectivity index (χ1n) is 5.30. The highest BCUT2D eigenvalue weighted by atomic mass is 32.1. The lowest BCUT2D eigenvalue weighted by Gasteiger charge is -2.30. The van der Waals surface area contributed by atoms with Crippen LogP contribution in [0.2, 0.25) is 0 Å². The van der Waals surface area contributed by atoms with Crippen LogP contribution in [0, 0.1) is 5.92 Å². The number of likely N-dealkylation sites (tertiary alicyclic amines) is 1. The van der Waals surface area contributed by atoms with Crippen LogP contribution in [0.25, 0.3) is 0 Å². The number of thiocarbonyl (C=S) groups is 1. The molecule has 1 aliphatic rings. The fraction of sp³-hybridized carbons (Fsp3) is 0.800. The van der Waals surface area contributed by atoms with Crippen molar-refractivity contribution in [2.24, 2.45) is 11.7 Å². The second-order valence-electron chi connectivity index (χ2n) is 3.77. The third-order valence-corrected chi connectivity index (χ3v) is 2.72. The number of nitrogens with zero attached hydrogens (tertiary/aromatic N) is 1. The summed E-state index contributed by atoms with van der Waals surface area (Å²) >= 11 is 4.84. The summed E-state index contributed by atoms with van der Waals surface area (Å²) in [5.74, 6) is 0.0000194. The highest BCUT2D eigenvalue weighted by Gasteiger charge is 2.25. The lowest BCUT2D eigenvalue weighted by atomic mass is 9.97. The molecule has 1 rings (SSSR count). The smallest absolute Gasteiger partial charge is 0.309 e. The van der Waals surface area contributed by atoms with Gasteiger partial charge >= 0.3 is 5.97 Å². The summed E-state index contributed by atoms with van der Waals surface area (Å²) < 4.78 is 4.99. The lowest BCUT2D eigenvalue weighted by Crippen LogP contribution is -2.40. The van der Waals surface area contributed by atoms with Crippen molar-refractivity contribution in [2.75, 3.05) is 26.2 Å². The van der Waals surface area contributed by atoms with E-state index >= 15 is 0 Å². The Morgan fingerprint density at radius 1 is 1.53 bits per heavy atom. The molecular formula is C10H18N2O2S. The van der Waals surface area contributed by atoms with Gasteiger partial charge in [0, 0.05) is 6.54 Å². The van der Waals surface area contributed by atoms with Crippen LogP contribution >= 0.6 is 12.2 Å². The van der Waals surface area contributed by atoms with E-state index in [9.17, 15) is 4.79 Å². The van der Waals surface area contributed by atoms with E-state index in [2.05, 4.69) is 4.90 Å². The molecular weight excluding hydrogens is 212 g/mol. The average Bonchev–Trinajstić information content (AvgIpc) is 2.18. The molecule has 2 N–H and O–H groups in total. The van der Waals surface area contributed by atoms with E-state index < -0.39 is 0 Å². The number of nitrogens with two attached hydrogens (primary N) is 1. The number of carbonyl (C=O) groups excluding carboxylic acids is 1. The summed E-state index contributed by atoms with van der Waals surface area (Å²) in [6.07, 6.45) is 1.70. The minimum Gasteiger partial charge on any atom is -0.466 e. The predicted molar refractivity (Wildman–Crippen MR) is 62.6 cm³/mol. The third kappa shape index (κ3) is 4.13. The third-order valence-electron chi connectivity index (χ3n) is 2.59. The topological polar surface area (TPSA) is 55.6 Å². The van der Waals surface area contributed by atoms with E-state index in [1.165, 1.54) is 0 Å². The van der Waals surface area contributed by atoms with Crippen molar-refractivity contribution in [2.45, 2.75) is 19.8 Å². The van der Waals surface area contributed by atoms with Crippen LogP contribution in [0.1, 0.15) is 19.8 Å². The van der Waals surface area contributed by atoms with Crippen LogP contribution in [0.4, 0.5) is 0 Å². The van der Waals surface area contributed by atoms with Gasteiger partial charge in [0.2, 0.25) is 0 Å². The maximum absolute atomic E-state index is 11.4. The molecule has 86 valence electrons. The molecule has 0 aromatic rings. The quantitative estimate of drug-likeness (QED) is 0.564. The molecule has 4 nitrogen and oxygen atoms in total. The zero-order chi connectivity index (χ0) is 11.3. The molecule has 1 fully saturated rings. The number of hydrogen-bond donors (Lipinski definition) is 1. The molecule has 0 unspecified atom stereocenters. The van der Waals surface area contributed by atoms with E-state index in [4.69, 9.17) is 22.7 Å². The Hall–Kier alpha value is -0.680. The molecule has 1 aliphatic heterocycles. The van der Waals surface area contributed by atoms with Crippen LogP contribution < -0.4 is 5.73 Å². The average molecular weight is 230 g/mol. The maximum Gasteiger partial charge on any atom is 0.309 e. The largest absolute Gasteiger partial charge is 0.466 e. The molecule has 0 radical (unpaired) electrons. The van der Waals surface area contributed by atoms with Crippen LogP contribution in [0.15, 0.2) is 0 Å². The Balaban J connectivity index is 2.29. The van der Waals surface area contributed by atoms with E-state index in [1.54, 1.807) is 0 Å². The van der Waals surface area contributed by atoms with Gasteiger partial charge in [0.15, 0.2) is 0 Å². The molecule has 1 saturated heterocycles. The number of hydrogen-bond acceptors (Lipinski definition) is 4. The Kier molecular flexibility index (Phi) is 4.98. The first-order valence-corrected chi connectivity index (χ1v) is 5.71. The molecule has 1 heterocycles. The van der Waals surface area contributed by atoms with Crippen molar-refractivity contribution < 1.29 is 9.53 Å². The Morgan fingerprint density at radius 2 is 2.13 bits per heavy atom. The minimum absolute atomic E-state index is 0.0625. The summed E-state index contributed by atoms with van der Waals surface area (Å²) in [7, 11) is 0. The Bertz CT molecular complexity index is 238. The van der Waals surface area contributed by atoms with E-state index in [-0.39, 0.29) is 11.9 Å². The van der Waals surface area contributed by atoms with Crippen LogP contribution in [0.5, 0.6) is 0 Å². The highest BCUT2D eigenvalue weighted by molar-refractivity contribution is 7.80. The van der Waals surface area contributed by atoms with Crippen molar-refractivity contribution in [3.8, 4) is 0 Å². The number of rotatable bonds is 4. The van der Waals surface area contributed by atoms with Gasteiger partial charge in [-0.1, -0.05) is 12.2 Å². The normalized spacial score (nSPS) is 18.7. The molecule has 0 saturated carbocycles. The van der Waals surface area contributed by atoms with Gasteiger partial charge in [0.25, 0.3) is 0 Å². The molecule has 15 heavy (non-hydrogen) atoms. The SMILES string of the molecule is CCOC(=O)C1CCN(CC(N)=S)CC1.